The van der Waals surface area contributed by atoms with E-state index in [2.05, 4.69) is 26.2 Å². The number of aromatic amines is 1. The van der Waals surface area contributed by atoms with E-state index in [9.17, 15) is 9.59 Å². The number of fused-ring (bicyclic) bond motifs is 1. The molecule has 0 bridgehead atoms. The largest absolute Gasteiger partial charge is 0.342 e. The molecule has 0 aliphatic heterocycles. The third-order valence-electron chi connectivity index (χ3n) is 2.23. The van der Waals surface area contributed by atoms with Crippen molar-refractivity contribution in [3.63, 3.8) is 0 Å². The van der Waals surface area contributed by atoms with Crippen molar-refractivity contribution < 1.29 is 4.79 Å². The van der Waals surface area contributed by atoms with Crippen molar-refractivity contribution in [2.75, 3.05) is 5.45 Å². The molecule has 0 aliphatic rings. The molecule has 0 radical (unpaired) electrons. The number of para-hydroxylation sites is 1. The first-order chi connectivity index (χ1) is 7.72. The summed E-state index contributed by atoms with van der Waals surface area (Å²) in [6.45, 7) is 0. The van der Waals surface area contributed by atoms with E-state index in [0.29, 0.717) is 5.45 Å². The van der Waals surface area contributed by atoms with Gasteiger partial charge in [0.2, 0.25) is 0 Å². The van der Waals surface area contributed by atoms with Crippen LogP contribution in [0.4, 0.5) is 0 Å². The zero-order valence-electron chi connectivity index (χ0n) is 8.29. The smallest absolute Gasteiger partial charge is 0.261 e. The number of nitrogens with one attached hydrogen (secondary N) is 2. The first kappa shape index (κ1) is 10.9. The van der Waals surface area contributed by atoms with Crippen LogP contribution >= 0.6 is 15.9 Å². The highest BCUT2D eigenvalue weighted by Gasteiger charge is 2.10. The average molecular weight is 281 g/mol. The Bertz CT molecular complexity index is 592. The fraction of sp³-hybridized carbons (Fsp3) is 0.0909. The van der Waals surface area contributed by atoms with E-state index in [4.69, 9.17) is 0 Å². The first-order valence-corrected chi connectivity index (χ1v) is 5.81. The van der Waals surface area contributed by atoms with Gasteiger partial charge in [0.15, 0.2) is 0 Å². The Labute approximate surface area is 99.8 Å². The van der Waals surface area contributed by atoms with Gasteiger partial charge in [-0.1, -0.05) is 34.1 Å². The molecule has 4 nitrogen and oxygen atoms in total. The Morgan fingerprint density at radius 2 is 2.12 bits per heavy atom. The summed E-state index contributed by atoms with van der Waals surface area (Å²) in [5.74, 6) is -0.385. The predicted octanol–water partition coefficient (Wildman–Crippen LogP) is 1.61. The molecule has 2 N–H and O–H groups in total. The first-order valence-electron chi connectivity index (χ1n) is 4.68. The van der Waals surface area contributed by atoms with Crippen LogP contribution in [0.5, 0.6) is 0 Å². The van der Waals surface area contributed by atoms with E-state index in [1.54, 1.807) is 12.1 Å². The van der Waals surface area contributed by atoms with E-state index in [1.165, 1.54) is 0 Å². The molecule has 1 heterocycles. The number of aromatic nitrogens is 1. The maximum Gasteiger partial charge on any atom is 0.261 e. The Balaban J connectivity index is 2.58. The number of halogens is 1. The normalized spacial score (nSPS) is 10.3. The molecule has 1 amide bonds. The molecule has 0 aliphatic carbocycles. The van der Waals surface area contributed by atoms with Crippen molar-refractivity contribution >= 4 is 32.7 Å². The molecule has 0 saturated heterocycles. The van der Waals surface area contributed by atoms with E-state index >= 15 is 0 Å². The molecule has 16 heavy (non-hydrogen) atoms. The number of H-pyrrole nitrogens is 1. The average Bonchev–Trinajstić information content (AvgIpc) is 2.28. The molecule has 0 fully saturated rings. The molecule has 1 aromatic heterocycles. The van der Waals surface area contributed by atoms with E-state index in [0.717, 1.165) is 10.9 Å². The highest BCUT2D eigenvalue weighted by atomic mass is 79.9. The van der Waals surface area contributed by atoms with Crippen LogP contribution in [-0.4, -0.2) is 16.3 Å². The summed E-state index contributed by atoms with van der Waals surface area (Å²) in [6.07, 6.45) is 0. The molecular weight excluding hydrogens is 272 g/mol. The van der Waals surface area contributed by atoms with Gasteiger partial charge in [-0.25, -0.2) is 0 Å². The third kappa shape index (κ3) is 1.99. The lowest BCUT2D eigenvalue weighted by atomic mass is 10.1. The number of hydrogen-bond donors (Lipinski definition) is 2. The van der Waals surface area contributed by atoms with Gasteiger partial charge in [0, 0.05) is 5.52 Å². The highest BCUT2D eigenvalue weighted by molar-refractivity contribution is 9.09. The second-order valence-electron chi connectivity index (χ2n) is 3.24. The molecule has 0 unspecified atom stereocenters. The van der Waals surface area contributed by atoms with Crippen LogP contribution < -0.4 is 10.9 Å². The lowest BCUT2D eigenvalue weighted by Crippen LogP contribution is -2.28. The maximum absolute atomic E-state index is 11.6. The van der Waals surface area contributed by atoms with Gasteiger partial charge in [-0.3, -0.25) is 9.59 Å². The Hall–Kier alpha value is -1.62. The minimum atomic E-state index is -0.385. The number of carbonyl (C=O) groups excluding carboxylic acids is 1. The van der Waals surface area contributed by atoms with Gasteiger partial charge in [-0.05, 0) is 17.5 Å². The molecule has 82 valence electrons. The van der Waals surface area contributed by atoms with Crippen molar-refractivity contribution in [3.8, 4) is 0 Å². The van der Waals surface area contributed by atoms with Gasteiger partial charge in [0.1, 0.15) is 5.56 Å². The van der Waals surface area contributed by atoms with Crippen LogP contribution in [0.1, 0.15) is 10.4 Å². The molecule has 0 spiro atoms. The summed E-state index contributed by atoms with van der Waals surface area (Å²) < 4.78 is 0. The maximum atomic E-state index is 11.6. The van der Waals surface area contributed by atoms with E-state index < -0.39 is 0 Å². The molecule has 1 aromatic carbocycles. The van der Waals surface area contributed by atoms with Crippen LogP contribution in [0.2, 0.25) is 0 Å². The Morgan fingerprint density at radius 3 is 2.88 bits per heavy atom. The third-order valence-corrected chi connectivity index (χ3v) is 2.51. The predicted molar refractivity (Wildman–Crippen MR) is 65.8 cm³/mol. The summed E-state index contributed by atoms with van der Waals surface area (Å²) in [4.78, 5) is 25.8. The minimum absolute atomic E-state index is 0.123. The number of carbonyl (C=O) groups is 1. The number of pyridine rings is 1. The highest BCUT2D eigenvalue weighted by Crippen LogP contribution is 2.09. The van der Waals surface area contributed by atoms with E-state index in [1.807, 2.05) is 18.2 Å². The fourth-order valence-electron chi connectivity index (χ4n) is 1.47. The fourth-order valence-corrected chi connectivity index (χ4v) is 1.73. The van der Waals surface area contributed by atoms with Crippen molar-refractivity contribution in [1.82, 2.24) is 10.3 Å². The molecule has 5 heteroatoms. The van der Waals surface area contributed by atoms with Crippen LogP contribution in [0.3, 0.4) is 0 Å². The van der Waals surface area contributed by atoms with Gasteiger partial charge in [-0.15, -0.1) is 0 Å². The van der Waals surface area contributed by atoms with Gasteiger partial charge in [0.25, 0.3) is 11.5 Å². The zero-order chi connectivity index (χ0) is 11.5. The van der Waals surface area contributed by atoms with Gasteiger partial charge in [0.05, 0.1) is 5.45 Å². The van der Waals surface area contributed by atoms with Crippen molar-refractivity contribution in [3.05, 3.63) is 46.2 Å². The summed E-state index contributed by atoms with van der Waals surface area (Å²) in [7, 11) is 0. The second-order valence-corrected chi connectivity index (χ2v) is 3.80. The standard InChI is InChI=1S/C11H9BrN2O2/c12-6-13-10(15)8-5-7-3-1-2-4-9(7)14-11(8)16/h1-5H,6H2,(H,13,15)(H,14,16). The number of hydrogen-bond acceptors (Lipinski definition) is 2. The Morgan fingerprint density at radius 1 is 1.38 bits per heavy atom. The van der Waals surface area contributed by atoms with Crippen molar-refractivity contribution in [1.29, 1.82) is 0 Å². The monoisotopic (exact) mass is 280 g/mol. The zero-order valence-corrected chi connectivity index (χ0v) is 9.87. The van der Waals surface area contributed by atoms with Crippen molar-refractivity contribution in [2.24, 2.45) is 0 Å². The number of rotatable bonds is 2. The lowest BCUT2D eigenvalue weighted by molar-refractivity contribution is 0.0960. The van der Waals surface area contributed by atoms with Gasteiger partial charge < -0.3 is 10.3 Å². The van der Waals surface area contributed by atoms with E-state index in [-0.39, 0.29) is 17.0 Å². The van der Waals surface area contributed by atoms with Gasteiger partial charge in [-0.2, -0.15) is 0 Å². The van der Waals surface area contributed by atoms with Crippen molar-refractivity contribution in [2.45, 2.75) is 0 Å². The summed E-state index contributed by atoms with van der Waals surface area (Å²) in [6, 6.07) is 8.91. The number of benzene rings is 1. The SMILES string of the molecule is O=C(NCBr)c1cc2ccccc2[nH]c1=O. The second kappa shape index (κ2) is 4.49. The molecule has 2 rings (SSSR count). The Kier molecular flexibility index (Phi) is 3.05. The van der Waals surface area contributed by atoms with Crippen LogP contribution in [-0.2, 0) is 0 Å². The number of alkyl halides is 1. The van der Waals surface area contributed by atoms with Gasteiger partial charge >= 0.3 is 0 Å². The summed E-state index contributed by atoms with van der Waals surface area (Å²) in [5.41, 5.74) is 0.788. The van der Waals surface area contributed by atoms with Crippen LogP contribution in [0.25, 0.3) is 10.9 Å². The molecule has 0 atom stereocenters. The molecule has 0 saturated carbocycles. The molecule has 2 aromatic rings. The topological polar surface area (TPSA) is 62.0 Å². The number of amides is 1. The summed E-state index contributed by atoms with van der Waals surface area (Å²) in [5, 5.41) is 3.36. The lowest BCUT2D eigenvalue weighted by Gasteiger charge is -2.02. The minimum Gasteiger partial charge on any atom is -0.342 e. The van der Waals surface area contributed by atoms with Crippen LogP contribution in [0.15, 0.2) is 35.1 Å². The van der Waals surface area contributed by atoms with Crippen LogP contribution in [0, 0.1) is 0 Å². The quantitative estimate of drug-likeness (QED) is 0.649. The summed E-state index contributed by atoms with van der Waals surface area (Å²) >= 11 is 3.08. The molecular formula is C11H9BrN2O2.